The van der Waals surface area contributed by atoms with Crippen molar-refractivity contribution in [2.24, 2.45) is 0 Å². The maximum Gasteiger partial charge on any atom is 0.248 e. The van der Waals surface area contributed by atoms with E-state index in [0.29, 0.717) is 44.7 Å². The highest BCUT2D eigenvalue weighted by Crippen LogP contribution is 2.30. The molecule has 4 rings (SSSR count). The van der Waals surface area contributed by atoms with Crippen LogP contribution in [0.2, 0.25) is 0 Å². The third kappa shape index (κ3) is 7.16. The second kappa shape index (κ2) is 11.7. The van der Waals surface area contributed by atoms with Crippen molar-refractivity contribution in [1.82, 2.24) is 9.80 Å². The first-order chi connectivity index (χ1) is 17.7. The van der Waals surface area contributed by atoms with E-state index in [4.69, 9.17) is 9.47 Å². The van der Waals surface area contributed by atoms with Gasteiger partial charge in [-0.2, -0.15) is 0 Å². The predicted molar refractivity (Wildman–Crippen MR) is 135 cm³/mol. The molecule has 0 aromatic heterocycles. The topological polar surface area (TPSA) is 85.7 Å². The third-order valence-electron chi connectivity index (χ3n) is 7.02. The first kappa shape index (κ1) is 27.3. The molecule has 2 saturated heterocycles. The van der Waals surface area contributed by atoms with E-state index in [0.717, 1.165) is 0 Å². The van der Waals surface area contributed by atoms with Crippen LogP contribution in [0.25, 0.3) is 0 Å². The Balaban J connectivity index is 1.43. The van der Waals surface area contributed by atoms with Crippen LogP contribution in [0.4, 0.5) is 14.5 Å². The van der Waals surface area contributed by atoms with E-state index in [9.17, 15) is 23.8 Å². The van der Waals surface area contributed by atoms with Crippen molar-refractivity contribution in [3.05, 3.63) is 60.2 Å². The highest BCUT2D eigenvalue weighted by molar-refractivity contribution is 5.77. The lowest BCUT2D eigenvalue weighted by molar-refractivity contribution is -0.138. The Morgan fingerprint density at radius 3 is 2.43 bits per heavy atom. The van der Waals surface area contributed by atoms with E-state index in [1.165, 1.54) is 36.3 Å². The average Bonchev–Trinajstić information content (AvgIpc) is 3.03. The Morgan fingerprint density at radius 1 is 0.973 bits per heavy atom. The van der Waals surface area contributed by atoms with Gasteiger partial charge in [-0.1, -0.05) is 18.2 Å². The van der Waals surface area contributed by atoms with E-state index in [1.807, 2.05) is 9.80 Å². The van der Waals surface area contributed by atoms with Crippen LogP contribution in [0, 0.1) is 11.6 Å². The number of nitrogens with zero attached hydrogens (tertiary/aromatic N) is 3. The minimum absolute atomic E-state index is 0.0144. The Bertz CT molecular complexity index is 1070. The van der Waals surface area contributed by atoms with Gasteiger partial charge in [-0.15, -0.1) is 0 Å². The smallest absolute Gasteiger partial charge is 0.248 e. The second-order valence-electron chi connectivity index (χ2n) is 10.1. The molecule has 2 aliphatic rings. The Kier molecular flexibility index (Phi) is 8.63. The number of benzene rings is 2. The zero-order valence-electron chi connectivity index (χ0n) is 21.1. The van der Waals surface area contributed by atoms with Gasteiger partial charge in [0.25, 0.3) is 0 Å². The van der Waals surface area contributed by atoms with Crippen LogP contribution < -0.4 is 9.64 Å². The van der Waals surface area contributed by atoms with Crippen molar-refractivity contribution in [3.8, 4) is 5.75 Å². The van der Waals surface area contributed by atoms with Crippen LogP contribution in [0.1, 0.15) is 12.8 Å². The largest absolute Gasteiger partial charge is 0.490 e. The molecule has 202 valence electrons. The summed E-state index contributed by atoms with van der Waals surface area (Å²) >= 11 is 0. The molecular formula is C27H35F2N3O5. The number of amides is 1. The first-order valence-electron chi connectivity index (χ1n) is 12.5. The average molecular weight is 520 g/mol. The Morgan fingerprint density at radius 2 is 1.73 bits per heavy atom. The van der Waals surface area contributed by atoms with Crippen LogP contribution in [-0.2, 0) is 9.53 Å². The molecule has 10 heteroatoms. The van der Waals surface area contributed by atoms with Crippen LogP contribution in [0.15, 0.2) is 48.5 Å². The van der Waals surface area contributed by atoms with Crippen molar-refractivity contribution in [2.75, 3.05) is 71.0 Å². The van der Waals surface area contributed by atoms with Gasteiger partial charge in [0.2, 0.25) is 5.91 Å². The number of hydrogen-bond acceptors (Lipinski definition) is 7. The van der Waals surface area contributed by atoms with Gasteiger partial charge in [0, 0.05) is 52.4 Å². The fourth-order valence-corrected chi connectivity index (χ4v) is 5.12. The standard InChI is InChI=1S/C27H35F2N3O5/c1-36-16-25(33)32-14-13-30(18-27(35,19-32)20-37-22-6-4-5-21(28)15-22)17-26(34)9-11-31(12-10-26)24-8-3-2-7-23(24)29/h2-8,15,34-35H,9-14,16-20H2,1H3/t27-/m0/s1. The van der Waals surface area contributed by atoms with E-state index < -0.39 is 17.0 Å². The number of aliphatic hydroxyl groups is 2. The summed E-state index contributed by atoms with van der Waals surface area (Å²) in [7, 11) is 1.43. The number of anilines is 1. The molecule has 0 unspecified atom stereocenters. The highest BCUT2D eigenvalue weighted by Gasteiger charge is 2.41. The molecule has 2 aromatic carbocycles. The fraction of sp³-hybridized carbons (Fsp3) is 0.519. The van der Waals surface area contributed by atoms with Gasteiger partial charge in [-0.05, 0) is 37.1 Å². The monoisotopic (exact) mass is 519 g/mol. The maximum atomic E-state index is 14.2. The van der Waals surface area contributed by atoms with Gasteiger partial charge < -0.3 is 29.5 Å². The number of hydrogen-bond donors (Lipinski definition) is 2. The molecule has 0 radical (unpaired) electrons. The molecule has 0 bridgehead atoms. The van der Waals surface area contributed by atoms with E-state index in [-0.39, 0.29) is 50.3 Å². The SMILES string of the molecule is COCC(=O)N1CCN(CC2(O)CCN(c3ccccc3F)CC2)C[C@@](O)(COc2cccc(F)c2)C1. The van der Waals surface area contributed by atoms with Gasteiger partial charge in [0.15, 0.2) is 0 Å². The number of β-amino-alcohol motifs (C(OH)–C–C–N with tert-alkyl or cyclic N) is 2. The summed E-state index contributed by atoms with van der Waals surface area (Å²) in [6.45, 7) is 1.96. The summed E-state index contributed by atoms with van der Waals surface area (Å²) < 4.78 is 38.5. The molecule has 2 fully saturated rings. The number of para-hydroxylation sites is 1. The van der Waals surface area contributed by atoms with Crippen molar-refractivity contribution >= 4 is 11.6 Å². The molecule has 0 spiro atoms. The number of halogens is 2. The first-order valence-corrected chi connectivity index (χ1v) is 12.5. The fourth-order valence-electron chi connectivity index (χ4n) is 5.12. The molecular weight excluding hydrogens is 484 g/mol. The summed E-state index contributed by atoms with van der Waals surface area (Å²) in [5, 5.41) is 22.9. The lowest BCUT2D eigenvalue weighted by Gasteiger charge is -2.42. The van der Waals surface area contributed by atoms with Gasteiger partial charge in [-0.25, -0.2) is 8.78 Å². The molecule has 2 aliphatic heterocycles. The van der Waals surface area contributed by atoms with Gasteiger partial charge >= 0.3 is 0 Å². The van der Waals surface area contributed by atoms with Gasteiger partial charge in [-0.3, -0.25) is 9.69 Å². The summed E-state index contributed by atoms with van der Waals surface area (Å²) in [6, 6.07) is 12.3. The molecule has 2 aromatic rings. The van der Waals surface area contributed by atoms with E-state index in [1.54, 1.807) is 24.3 Å². The maximum absolute atomic E-state index is 14.2. The van der Waals surface area contributed by atoms with Crippen LogP contribution in [-0.4, -0.2) is 103 Å². The summed E-state index contributed by atoms with van der Waals surface area (Å²) in [6.07, 6.45) is 0.866. The van der Waals surface area contributed by atoms with Crippen molar-refractivity contribution in [1.29, 1.82) is 0 Å². The number of piperidine rings is 1. The third-order valence-corrected chi connectivity index (χ3v) is 7.02. The second-order valence-corrected chi connectivity index (χ2v) is 10.1. The molecule has 37 heavy (non-hydrogen) atoms. The van der Waals surface area contributed by atoms with Crippen LogP contribution in [0.5, 0.6) is 5.75 Å². The lowest BCUT2D eigenvalue weighted by atomic mass is 9.90. The molecule has 0 saturated carbocycles. The van der Waals surface area contributed by atoms with Crippen LogP contribution >= 0.6 is 0 Å². The zero-order chi connectivity index (χ0) is 26.5. The van der Waals surface area contributed by atoms with E-state index >= 15 is 0 Å². The number of rotatable bonds is 8. The molecule has 1 atom stereocenters. The summed E-state index contributed by atoms with van der Waals surface area (Å²) in [4.78, 5) is 18.0. The lowest BCUT2D eigenvalue weighted by Crippen LogP contribution is -2.56. The molecule has 2 heterocycles. The number of ether oxygens (including phenoxy) is 2. The van der Waals surface area contributed by atoms with E-state index in [2.05, 4.69) is 0 Å². The predicted octanol–water partition coefficient (Wildman–Crippen LogP) is 1.90. The number of methoxy groups -OCH3 is 1. The van der Waals surface area contributed by atoms with Crippen LogP contribution in [0.3, 0.4) is 0 Å². The van der Waals surface area contributed by atoms with Crippen molar-refractivity contribution in [2.45, 2.75) is 24.0 Å². The Labute approximate surface area is 216 Å². The van der Waals surface area contributed by atoms with Crippen molar-refractivity contribution < 1.29 is 33.3 Å². The molecule has 2 N–H and O–H groups in total. The minimum Gasteiger partial charge on any atom is -0.490 e. The summed E-state index contributed by atoms with van der Waals surface area (Å²) in [5.74, 6) is -0.721. The minimum atomic E-state index is -1.46. The quantitative estimate of drug-likeness (QED) is 0.551. The number of carbonyl (C=O) groups excluding carboxylic acids is 1. The normalized spacial score (nSPS) is 22.5. The van der Waals surface area contributed by atoms with Gasteiger partial charge in [0.05, 0.1) is 17.8 Å². The van der Waals surface area contributed by atoms with Crippen molar-refractivity contribution in [3.63, 3.8) is 0 Å². The molecule has 8 nitrogen and oxygen atoms in total. The van der Waals surface area contributed by atoms with Gasteiger partial charge in [0.1, 0.15) is 36.2 Å². The zero-order valence-corrected chi connectivity index (χ0v) is 21.1. The summed E-state index contributed by atoms with van der Waals surface area (Å²) in [5.41, 5.74) is -1.97. The number of carbonyl (C=O) groups is 1. The molecule has 0 aliphatic carbocycles. The molecule has 1 amide bonds. The highest BCUT2D eigenvalue weighted by atomic mass is 19.1. The Hall–Kier alpha value is -2.79.